The minimum atomic E-state index is 0. The molecule has 0 fully saturated rings. The second-order valence-electron chi connectivity index (χ2n) is 0. The van der Waals surface area contributed by atoms with Gasteiger partial charge in [-0.05, 0) is 0 Å². The molecule has 0 unspecified atom stereocenters. The van der Waals surface area contributed by atoms with Gasteiger partial charge < -0.3 is 74.4 Å². The first-order valence-electron chi connectivity index (χ1n) is 0. The van der Waals surface area contributed by atoms with E-state index in [4.69, 9.17) is 0 Å². The molecule has 0 heterocycles. The van der Waals surface area contributed by atoms with Gasteiger partial charge in [0, 0.05) is 0 Å². The van der Waals surface area contributed by atoms with Crippen LogP contribution in [0.5, 0.6) is 0 Å². The quantitative estimate of drug-likeness (QED) is 0.312. The molecule has 0 aromatic heterocycles. The van der Waals surface area contributed by atoms with Gasteiger partial charge >= 0.3 is 82.1 Å². The van der Waals surface area contributed by atoms with Crippen LogP contribution < -0.4 is 74.4 Å². The Morgan fingerprint density at radius 3 is 0.375 bits per heavy atom. The molecular weight excluding hydrogens is 498 g/mol. The van der Waals surface area contributed by atoms with Crippen molar-refractivity contribution in [3.63, 3.8) is 0 Å². The Hall–Kier alpha value is 4.45. The van der Waals surface area contributed by atoms with Crippen molar-refractivity contribution in [3.8, 4) is 0 Å². The molecule has 0 aliphatic rings. The van der Waals surface area contributed by atoms with Crippen LogP contribution in [0.3, 0.4) is 0 Å². The molecule has 0 saturated heterocycles. The molecule has 8 heavy (non-hydrogen) atoms. The van der Waals surface area contributed by atoms with Gasteiger partial charge in [0.1, 0.15) is 0 Å². The Kier molecular flexibility index (Phi) is 650. The zero-order valence-electron chi connectivity index (χ0n) is 3.35. The maximum Gasteiger partial charge on any atom is 3.00 e. The number of hydrogen-bond donors (Lipinski definition) is 0. The van der Waals surface area contributed by atoms with Crippen molar-refractivity contribution in [3.05, 3.63) is 0 Å². The van der Waals surface area contributed by atoms with Gasteiger partial charge in [-0.3, -0.25) is 0 Å². The molecule has 0 atom stereocenters. The second-order valence-corrected chi connectivity index (χ2v) is 0. The topological polar surface area (TPSA) is 0 Å². The van der Waals surface area contributed by atoms with Gasteiger partial charge in [0.15, 0.2) is 0 Å². The van der Waals surface area contributed by atoms with Crippen molar-refractivity contribution in [2.45, 2.75) is 0 Å². The average molecular weight is 498 g/mol. The average Bonchev–Trinajstić information content (AvgIpc) is 0. The van der Waals surface area contributed by atoms with Gasteiger partial charge in [-0.1, -0.05) is 0 Å². The van der Waals surface area contributed by atoms with Crippen LogP contribution >= 0.6 is 0 Å². The molecule has 0 spiro atoms. The van der Waals surface area contributed by atoms with Crippen LogP contribution in [0.15, 0.2) is 0 Å². The fraction of sp³-hybridized carbons (Fsp3) is 0. The van der Waals surface area contributed by atoms with Crippen LogP contribution in [0.1, 0.15) is 0 Å². The third-order valence-corrected chi connectivity index (χ3v) is 0. The van der Waals surface area contributed by atoms with Crippen LogP contribution in [-0.4, -0.2) is 0 Å². The minimum Gasteiger partial charge on any atom is -1.00 e. The summed E-state index contributed by atoms with van der Waals surface area (Å²) in [5.41, 5.74) is 0. The van der Waals surface area contributed by atoms with Crippen LogP contribution in [0, 0.1) is 82.1 Å². The molecule has 0 aromatic carbocycles. The third-order valence-electron chi connectivity index (χ3n) is 0. The molecule has 0 nitrogen and oxygen atoms in total. The first kappa shape index (κ1) is 82.4. The summed E-state index contributed by atoms with van der Waals surface area (Å²) >= 11 is 0. The SMILES string of the molecule is [Cl-].[Cl-].[Cl-].[Cl-].[Cl-].[Cl-].[Nd+3].[Pr+3]. The third kappa shape index (κ3) is 47.1. The van der Waals surface area contributed by atoms with Crippen molar-refractivity contribution in [1.29, 1.82) is 0 Å². The predicted molar refractivity (Wildman–Crippen MR) is 0 cm³/mol. The van der Waals surface area contributed by atoms with Crippen LogP contribution in [-0.2, 0) is 0 Å². The monoisotopic (exact) mass is 493 g/mol. The van der Waals surface area contributed by atoms with E-state index in [9.17, 15) is 0 Å². The first-order valence-corrected chi connectivity index (χ1v) is 0. The largest absolute Gasteiger partial charge is 3.00 e. The summed E-state index contributed by atoms with van der Waals surface area (Å²) < 4.78 is 0. The molecule has 8 heteroatoms. The summed E-state index contributed by atoms with van der Waals surface area (Å²) in [6.45, 7) is 0. The van der Waals surface area contributed by atoms with E-state index >= 15 is 0 Å². The van der Waals surface area contributed by atoms with E-state index in [-0.39, 0.29) is 157 Å². The maximum absolute atomic E-state index is 0. The molecule has 0 rings (SSSR count). The molecule has 0 N–H and O–H groups in total. The first-order chi connectivity index (χ1) is 0. The molecule has 0 aliphatic heterocycles. The number of hydrogen-bond acceptors (Lipinski definition) is 0. The molecule has 0 bridgehead atoms. The molecule has 49 valence electrons. The van der Waals surface area contributed by atoms with Crippen LogP contribution in [0.2, 0.25) is 0 Å². The fourth-order valence-corrected chi connectivity index (χ4v) is 0. The van der Waals surface area contributed by atoms with Gasteiger partial charge in [0.05, 0.1) is 0 Å². The molecule has 0 saturated carbocycles. The van der Waals surface area contributed by atoms with Crippen molar-refractivity contribution < 1.29 is 157 Å². The minimum absolute atomic E-state index is 0. The second kappa shape index (κ2) is 63.1. The van der Waals surface area contributed by atoms with Crippen molar-refractivity contribution in [2.75, 3.05) is 0 Å². The summed E-state index contributed by atoms with van der Waals surface area (Å²) in [5, 5.41) is 0. The molecule has 0 aliphatic carbocycles. The van der Waals surface area contributed by atoms with E-state index in [0.717, 1.165) is 0 Å². The Bertz CT molecular complexity index is 8.49. The summed E-state index contributed by atoms with van der Waals surface area (Å²) in [5.74, 6) is 0. The smallest absolute Gasteiger partial charge is 1.00 e. The van der Waals surface area contributed by atoms with Crippen molar-refractivity contribution >= 4 is 0 Å². The summed E-state index contributed by atoms with van der Waals surface area (Å²) in [6.07, 6.45) is 0. The van der Waals surface area contributed by atoms with E-state index in [0.29, 0.717) is 0 Å². The van der Waals surface area contributed by atoms with E-state index in [1.165, 1.54) is 0 Å². The van der Waals surface area contributed by atoms with Crippen molar-refractivity contribution in [2.24, 2.45) is 0 Å². The van der Waals surface area contributed by atoms with Gasteiger partial charge in [-0.25, -0.2) is 0 Å². The van der Waals surface area contributed by atoms with Gasteiger partial charge in [0.2, 0.25) is 0 Å². The number of rotatable bonds is 0. The normalized spacial score (nSPS) is 0. The zero-order valence-corrected chi connectivity index (χ0v) is 14.8. The van der Waals surface area contributed by atoms with E-state index in [2.05, 4.69) is 0 Å². The molecular formula is Cl6NdPr. The molecule has 0 amide bonds. The Labute approximate surface area is 153 Å². The zero-order chi connectivity index (χ0) is 0. The Balaban J connectivity index is 0. The summed E-state index contributed by atoms with van der Waals surface area (Å²) in [7, 11) is 0. The Morgan fingerprint density at radius 2 is 0.375 bits per heavy atom. The van der Waals surface area contributed by atoms with Crippen molar-refractivity contribution in [1.82, 2.24) is 0 Å². The van der Waals surface area contributed by atoms with Gasteiger partial charge in [0.25, 0.3) is 0 Å². The van der Waals surface area contributed by atoms with Gasteiger partial charge in [-0.2, -0.15) is 0 Å². The van der Waals surface area contributed by atoms with Crippen LogP contribution in [0.25, 0.3) is 0 Å². The fourth-order valence-electron chi connectivity index (χ4n) is 0. The van der Waals surface area contributed by atoms with Crippen LogP contribution in [0.4, 0.5) is 0 Å². The maximum atomic E-state index is 0. The molecule has 1 radical (unpaired) electrons. The summed E-state index contributed by atoms with van der Waals surface area (Å²) in [4.78, 5) is 0. The van der Waals surface area contributed by atoms with E-state index < -0.39 is 0 Å². The standard InChI is InChI=1S/6ClH.Nd.Pr/h6*1H;;/q;;;;;;2*+3/p-6. The van der Waals surface area contributed by atoms with E-state index in [1.807, 2.05) is 0 Å². The predicted octanol–water partition coefficient (Wildman–Crippen LogP) is -18.0. The number of halogens is 6. The summed E-state index contributed by atoms with van der Waals surface area (Å²) in [6, 6.07) is 0. The van der Waals surface area contributed by atoms with E-state index in [1.54, 1.807) is 0 Å². The Morgan fingerprint density at radius 1 is 0.375 bits per heavy atom. The molecule has 0 aromatic rings. The van der Waals surface area contributed by atoms with Gasteiger partial charge in [-0.15, -0.1) is 0 Å².